The van der Waals surface area contributed by atoms with Crippen molar-refractivity contribution >= 4 is 23.2 Å². The minimum atomic E-state index is -0.457. The molecule has 0 amide bonds. The van der Waals surface area contributed by atoms with Crippen molar-refractivity contribution in [1.29, 1.82) is 0 Å². The Morgan fingerprint density at radius 3 is 2.00 bits per heavy atom. The van der Waals surface area contributed by atoms with E-state index in [-0.39, 0.29) is 15.8 Å². The van der Waals surface area contributed by atoms with Gasteiger partial charge >= 0.3 is 0 Å². The number of hydrogen-bond acceptors (Lipinski definition) is 2. The summed E-state index contributed by atoms with van der Waals surface area (Å²) in [6, 6.07) is 2.30. The van der Waals surface area contributed by atoms with E-state index in [1.54, 1.807) is 0 Å². The molecule has 0 saturated heterocycles. The summed E-state index contributed by atoms with van der Waals surface area (Å²) in [4.78, 5) is 0. The molecule has 1 aromatic rings. The Kier molecular flexibility index (Phi) is 1.92. The summed E-state index contributed by atoms with van der Waals surface area (Å²) in [6.07, 6.45) is 0. The maximum absolute atomic E-state index is 10.7. The minimum absolute atomic E-state index is 0.0648. The van der Waals surface area contributed by atoms with E-state index in [4.69, 9.17) is 28.3 Å². The lowest BCUT2D eigenvalue weighted by Gasteiger charge is -2.09. The number of rotatable bonds is 0. The number of phenolic OH excluding ortho intramolecular Hbond substituents is 1. The van der Waals surface area contributed by atoms with Gasteiger partial charge in [-0.2, -0.15) is 0 Å². The second-order valence-corrected chi connectivity index (χ2v) is 2.55. The number of benzene rings is 1. The van der Waals surface area contributed by atoms with Gasteiger partial charge in [-0.25, -0.2) is 0 Å². The largest absolute Gasteiger partial charge is 0.870 e. The van der Waals surface area contributed by atoms with Crippen LogP contribution < -0.4 is 5.11 Å². The number of halogens is 2. The van der Waals surface area contributed by atoms with E-state index in [0.29, 0.717) is 0 Å². The average Bonchev–Trinajstić information content (AvgIpc) is 1.82. The fourth-order valence-corrected chi connectivity index (χ4v) is 1.02. The first-order chi connectivity index (χ1) is 4.61. The predicted molar refractivity (Wildman–Crippen MR) is 37.6 cm³/mol. The molecule has 0 aliphatic heterocycles. The maximum atomic E-state index is 10.7. The van der Waals surface area contributed by atoms with E-state index in [1.807, 2.05) is 0 Å². The second kappa shape index (κ2) is 2.56. The van der Waals surface area contributed by atoms with Gasteiger partial charge in [-0.05, 0) is 12.1 Å². The molecule has 0 unspecified atom stereocenters. The summed E-state index contributed by atoms with van der Waals surface area (Å²) < 4.78 is 0. The van der Waals surface area contributed by atoms with Crippen LogP contribution in [0.5, 0.6) is 11.5 Å². The number of phenols is 1. The van der Waals surface area contributed by atoms with Crippen molar-refractivity contribution in [3.05, 3.63) is 22.2 Å². The van der Waals surface area contributed by atoms with E-state index < -0.39 is 5.75 Å². The zero-order chi connectivity index (χ0) is 7.72. The molecule has 0 heterocycles. The molecule has 54 valence electrons. The average molecular weight is 178 g/mol. The van der Waals surface area contributed by atoms with Crippen LogP contribution in [-0.2, 0) is 0 Å². The van der Waals surface area contributed by atoms with E-state index in [9.17, 15) is 5.11 Å². The fourth-order valence-electron chi connectivity index (χ4n) is 0.547. The molecular formula is C6H3Cl2O2-. The van der Waals surface area contributed by atoms with Crippen LogP contribution in [0.4, 0.5) is 0 Å². The molecular weight excluding hydrogens is 175 g/mol. The first kappa shape index (κ1) is 7.51. The molecule has 2 nitrogen and oxygen atoms in total. The number of hydrogen-bond donors (Lipinski definition) is 1. The smallest absolute Gasteiger partial charge is 0.118 e. The van der Waals surface area contributed by atoms with E-state index >= 15 is 0 Å². The van der Waals surface area contributed by atoms with Gasteiger partial charge < -0.3 is 10.2 Å². The van der Waals surface area contributed by atoms with Gasteiger partial charge in [-0.3, -0.25) is 0 Å². The van der Waals surface area contributed by atoms with E-state index in [0.717, 1.165) is 12.1 Å². The molecule has 1 N–H and O–H groups in total. The highest BCUT2D eigenvalue weighted by Gasteiger charge is 1.97. The van der Waals surface area contributed by atoms with Crippen molar-refractivity contribution in [1.82, 2.24) is 0 Å². The summed E-state index contributed by atoms with van der Waals surface area (Å²) in [5, 5.41) is 19.4. The lowest BCUT2D eigenvalue weighted by molar-refractivity contribution is -0.268. The quantitative estimate of drug-likeness (QED) is 0.657. The standard InChI is InChI=1S/C6H4Cl2O2/c7-4-1-3(9)2-5(8)6(4)10/h1-2,9-10H/p-1. The number of aromatic hydroxyl groups is 1. The first-order valence-electron chi connectivity index (χ1n) is 2.46. The summed E-state index contributed by atoms with van der Waals surface area (Å²) in [7, 11) is 0. The van der Waals surface area contributed by atoms with Crippen molar-refractivity contribution in [3.63, 3.8) is 0 Å². The first-order valence-corrected chi connectivity index (χ1v) is 3.22. The van der Waals surface area contributed by atoms with Gasteiger partial charge in [0.25, 0.3) is 0 Å². The zero-order valence-corrected chi connectivity index (χ0v) is 6.28. The van der Waals surface area contributed by atoms with Gasteiger partial charge in [0, 0.05) is 10.0 Å². The third-order valence-corrected chi connectivity index (χ3v) is 1.54. The highest BCUT2D eigenvalue weighted by Crippen LogP contribution is 2.32. The van der Waals surface area contributed by atoms with Gasteiger partial charge in [0.05, 0.1) is 0 Å². The Bertz CT molecular complexity index is 237. The molecule has 0 saturated carbocycles. The van der Waals surface area contributed by atoms with Crippen LogP contribution in [0.25, 0.3) is 0 Å². The summed E-state index contributed by atoms with van der Waals surface area (Å²) in [5.74, 6) is -0.560. The predicted octanol–water partition coefficient (Wildman–Crippen LogP) is 1.77. The monoisotopic (exact) mass is 177 g/mol. The van der Waals surface area contributed by atoms with Gasteiger partial charge in [0.2, 0.25) is 0 Å². The summed E-state index contributed by atoms with van der Waals surface area (Å²) in [6.45, 7) is 0. The van der Waals surface area contributed by atoms with Crippen LogP contribution in [0, 0.1) is 0 Å². The van der Waals surface area contributed by atoms with Crippen molar-refractivity contribution in [2.24, 2.45) is 0 Å². The molecule has 0 radical (unpaired) electrons. The van der Waals surface area contributed by atoms with Crippen LogP contribution in [-0.4, -0.2) is 5.11 Å². The van der Waals surface area contributed by atoms with E-state index in [1.165, 1.54) is 0 Å². The Balaban J connectivity index is 3.31. The van der Waals surface area contributed by atoms with Crippen molar-refractivity contribution in [3.8, 4) is 11.5 Å². The summed E-state index contributed by atoms with van der Waals surface area (Å²) in [5.41, 5.74) is 0. The normalized spacial score (nSPS) is 9.80. The SMILES string of the molecule is [O-]c1c(Cl)cc(O)cc1Cl. The molecule has 0 aliphatic rings. The molecule has 4 heteroatoms. The second-order valence-electron chi connectivity index (χ2n) is 1.74. The third-order valence-electron chi connectivity index (χ3n) is 0.983. The third kappa shape index (κ3) is 1.28. The highest BCUT2D eigenvalue weighted by atomic mass is 35.5. The van der Waals surface area contributed by atoms with Gasteiger partial charge in [-0.15, -0.1) is 0 Å². The molecule has 0 fully saturated rings. The van der Waals surface area contributed by atoms with Crippen LogP contribution in [0.2, 0.25) is 10.0 Å². The highest BCUT2D eigenvalue weighted by molar-refractivity contribution is 6.37. The topological polar surface area (TPSA) is 43.3 Å². The molecule has 0 spiro atoms. The summed E-state index contributed by atoms with van der Waals surface area (Å²) >= 11 is 10.7. The molecule has 0 aliphatic carbocycles. The Morgan fingerprint density at radius 1 is 1.20 bits per heavy atom. The molecule has 1 rings (SSSR count). The molecule has 0 bridgehead atoms. The van der Waals surface area contributed by atoms with Crippen LogP contribution in [0.1, 0.15) is 0 Å². The van der Waals surface area contributed by atoms with Crippen LogP contribution >= 0.6 is 23.2 Å². The molecule has 0 aromatic heterocycles. The molecule has 0 atom stereocenters. The van der Waals surface area contributed by atoms with Gasteiger partial charge in [-0.1, -0.05) is 29.0 Å². The Hall–Kier alpha value is -0.600. The van der Waals surface area contributed by atoms with Crippen molar-refractivity contribution in [2.45, 2.75) is 0 Å². The fraction of sp³-hybridized carbons (Fsp3) is 0. The van der Waals surface area contributed by atoms with Crippen molar-refractivity contribution < 1.29 is 10.2 Å². The zero-order valence-electron chi connectivity index (χ0n) is 4.77. The minimum Gasteiger partial charge on any atom is -0.870 e. The van der Waals surface area contributed by atoms with Crippen molar-refractivity contribution in [2.75, 3.05) is 0 Å². The van der Waals surface area contributed by atoms with Crippen LogP contribution in [0.15, 0.2) is 12.1 Å². The Morgan fingerprint density at radius 2 is 1.60 bits per heavy atom. The van der Waals surface area contributed by atoms with E-state index in [2.05, 4.69) is 0 Å². The van der Waals surface area contributed by atoms with Gasteiger partial charge in [0.1, 0.15) is 5.75 Å². The molecule has 1 aromatic carbocycles. The van der Waals surface area contributed by atoms with Gasteiger partial charge in [0.15, 0.2) is 0 Å². The maximum Gasteiger partial charge on any atom is 0.118 e. The molecule has 10 heavy (non-hydrogen) atoms. The Labute approximate surface area is 67.6 Å². The lowest BCUT2D eigenvalue weighted by atomic mass is 10.3. The van der Waals surface area contributed by atoms with Crippen LogP contribution in [0.3, 0.4) is 0 Å². The lowest BCUT2D eigenvalue weighted by Crippen LogP contribution is -1.90.